The Balaban J connectivity index is 1.44. The minimum Gasteiger partial charge on any atom is -0.340 e. The number of amides is 1. The second-order valence-electron chi connectivity index (χ2n) is 6.33. The molecule has 25 heavy (non-hydrogen) atoms. The van der Waals surface area contributed by atoms with Crippen LogP contribution in [0.1, 0.15) is 17.7 Å². The fraction of sp³-hybridized carbons (Fsp3) is 0.444. The van der Waals surface area contributed by atoms with Gasteiger partial charge in [0, 0.05) is 39.1 Å². The third-order valence-electron chi connectivity index (χ3n) is 4.63. The van der Waals surface area contributed by atoms with Gasteiger partial charge in [0.1, 0.15) is 5.82 Å². The van der Waals surface area contributed by atoms with Crippen LogP contribution in [0.4, 0.5) is 4.39 Å². The van der Waals surface area contributed by atoms with Gasteiger partial charge >= 0.3 is 0 Å². The molecule has 1 fully saturated rings. The van der Waals surface area contributed by atoms with Crippen molar-refractivity contribution in [2.75, 3.05) is 26.2 Å². The molecule has 5 nitrogen and oxygen atoms in total. The number of benzene rings is 1. The van der Waals surface area contributed by atoms with Crippen molar-refractivity contribution in [1.29, 1.82) is 0 Å². The minimum absolute atomic E-state index is 0.146. The van der Waals surface area contributed by atoms with Gasteiger partial charge in [-0.05, 0) is 24.6 Å². The molecule has 0 atom stereocenters. The highest BCUT2D eigenvalue weighted by Crippen LogP contribution is 2.14. The van der Waals surface area contributed by atoms with Crippen LogP contribution in [0.5, 0.6) is 0 Å². The molecule has 0 bridgehead atoms. The van der Waals surface area contributed by atoms with E-state index in [0.29, 0.717) is 18.0 Å². The molecule has 134 valence electrons. The third-order valence-corrected chi connectivity index (χ3v) is 5.00. The Morgan fingerprint density at radius 1 is 1.20 bits per heavy atom. The van der Waals surface area contributed by atoms with E-state index in [0.717, 1.165) is 44.0 Å². The van der Waals surface area contributed by atoms with Gasteiger partial charge < -0.3 is 4.90 Å². The van der Waals surface area contributed by atoms with Crippen LogP contribution in [0.25, 0.3) is 0 Å². The van der Waals surface area contributed by atoms with Crippen molar-refractivity contribution >= 4 is 17.5 Å². The molecule has 2 heterocycles. The Morgan fingerprint density at radius 3 is 2.48 bits per heavy atom. The van der Waals surface area contributed by atoms with Crippen LogP contribution >= 0.6 is 11.6 Å². The van der Waals surface area contributed by atoms with E-state index >= 15 is 0 Å². The molecule has 3 rings (SSSR count). The van der Waals surface area contributed by atoms with Crippen molar-refractivity contribution in [3.05, 3.63) is 52.6 Å². The van der Waals surface area contributed by atoms with Gasteiger partial charge in [0.25, 0.3) is 0 Å². The van der Waals surface area contributed by atoms with Crippen molar-refractivity contribution < 1.29 is 9.18 Å². The van der Waals surface area contributed by atoms with Crippen LogP contribution < -0.4 is 0 Å². The Labute approximate surface area is 152 Å². The maximum absolute atomic E-state index is 13.0. The number of carbonyl (C=O) groups is 1. The van der Waals surface area contributed by atoms with Gasteiger partial charge in [-0.15, -0.1) is 0 Å². The van der Waals surface area contributed by atoms with E-state index in [-0.39, 0.29) is 11.7 Å². The highest BCUT2D eigenvalue weighted by molar-refractivity contribution is 6.31. The normalized spacial score (nSPS) is 15.6. The number of carbonyl (C=O) groups excluding carboxylic acids is 1. The Bertz CT molecular complexity index is 723. The van der Waals surface area contributed by atoms with Crippen molar-refractivity contribution in [2.45, 2.75) is 26.4 Å². The first-order valence-electron chi connectivity index (χ1n) is 8.45. The first kappa shape index (κ1) is 17.9. The molecular weight excluding hydrogens is 343 g/mol. The topological polar surface area (TPSA) is 41.4 Å². The third kappa shape index (κ3) is 4.58. The summed E-state index contributed by atoms with van der Waals surface area (Å²) in [4.78, 5) is 16.6. The number of hydrogen-bond acceptors (Lipinski definition) is 3. The highest BCUT2D eigenvalue weighted by atomic mass is 35.5. The Kier molecular flexibility index (Phi) is 5.71. The van der Waals surface area contributed by atoms with E-state index in [1.807, 2.05) is 24.0 Å². The first-order valence-corrected chi connectivity index (χ1v) is 8.83. The summed E-state index contributed by atoms with van der Waals surface area (Å²) in [6, 6.07) is 6.59. The van der Waals surface area contributed by atoms with E-state index < -0.39 is 0 Å². The number of aryl methyl sites for hydroxylation is 1. The predicted octanol–water partition coefficient (Wildman–Crippen LogP) is 2.72. The van der Waals surface area contributed by atoms with Gasteiger partial charge in [0.05, 0.1) is 23.5 Å². The lowest BCUT2D eigenvalue weighted by Crippen LogP contribution is -2.48. The molecule has 1 amide bonds. The van der Waals surface area contributed by atoms with E-state index in [4.69, 9.17) is 11.6 Å². The summed E-state index contributed by atoms with van der Waals surface area (Å²) < 4.78 is 14.7. The summed E-state index contributed by atoms with van der Waals surface area (Å²) >= 11 is 5.98. The lowest BCUT2D eigenvalue weighted by atomic mass is 10.2. The summed E-state index contributed by atoms with van der Waals surface area (Å²) in [6.07, 6.45) is 2.03. The largest absolute Gasteiger partial charge is 0.340 e. The highest BCUT2D eigenvalue weighted by Gasteiger charge is 2.21. The molecule has 0 radical (unpaired) electrons. The summed E-state index contributed by atoms with van der Waals surface area (Å²) in [5, 5.41) is 4.80. The zero-order valence-corrected chi connectivity index (χ0v) is 15.0. The molecule has 7 heteroatoms. The summed E-state index contributed by atoms with van der Waals surface area (Å²) in [5.74, 6) is -0.0691. The van der Waals surface area contributed by atoms with Crippen LogP contribution in [0.2, 0.25) is 5.02 Å². The number of piperazine rings is 1. The lowest BCUT2D eigenvalue weighted by molar-refractivity contribution is -0.133. The quantitative estimate of drug-likeness (QED) is 0.819. The zero-order valence-electron chi connectivity index (χ0n) is 14.3. The smallest absolute Gasteiger partial charge is 0.224 e. The predicted molar refractivity (Wildman–Crippen MR) is 94.8 cm³/mol. The van der Waals surface area contributed by atoms with Crippen LogP contribution in [0.3, 0.4) is 0 Å². The van der Waals surface area contributed by atoms with Gasteiger partial charge in [-0.1, -0.05) is 23.7 Å². The number of aromatic nitrogens is 2. The molecule has 0 unspecified atom stereocenters. The van der Waals surface area contributed by atoms with Crippen molar-refractivity contribution in [3.8, 4) is 0 Å². The maximum atomic E-state index is 13.0. The van der Waals surface area contributed by atoms with Crippen molar-refractivity contribution in [1.82, 2.24) is 19.6 Å². The number of nitrogens with zero attached hydrogens (tertiary/aromatic N) is 4. The van der Waals surface area contributed by atoms with Gasteiger partial charge in [0.15, 0.2) is 0 Å². The molecule has 0 spiro atoms. The van der Waals surface area contributed by atoms with Crippen molar-refractivity contribution in [2.24, 2.45) is 0 Å². The lowest BCUT2D eigenvalue weighted by Gasteiger charge is -2.34. The average molecular weight is 365 g/mol. The van der Waals surface area contributed by atoms with E-state index in [9.17, 15) is 9.18 Å². The van der Waals surface area contributed by atoms with Crippen LogP contribution in [-0.2, 0) is 17.9 Å². The van der Waals surface area contributed by atoms with Crippen molar-refractivity contribution in [3.63, 3.8) is 0 Å². The maximum Gasteiger partial charge on any atom is 0.224 e. The molecule has 1 aliphatic heterocycles. The first-order chi connectivity index (χ1) is 12.0. The van der Waals surface area contributed by atoms with E-state index in [1.165, 1.54) is 12.1 Å². The van der Waals surface area contributed by atoms with E-state index in [2.05, 4.69) is 10.00 Å². The molecule has 1 aromatic heterocycles. The zero-order chi connectivity index (χ0) is 17.8. The number of rotatable bonds is 5. The van der Waals surface area contributed by atoms with E-state index in [1.54, 1.807) is 10.9 Å². The minimum atomic E-state index is -0.215. The molecule has 0 aliphatic carbocycles. The van der Waals surface area contributed by atoms with Gasteiger partial charge in [-0.2, -0.15) is 5.10 Å². The molecule has 1 saturated heterocycles. The summed E-state index contributed by atoms with van der Waals surface area (Å²) in [5.41, 5.74) is 1.98. The Morgan fingerprint density at radius 2 is 1.88 bits per heavy atom. The standard InChI is InChI=1S/C18H22ClFN4O/c1-14-17(19)12-21-24(14)7-6-18(25)23-10-8-22(9-11-23)13-15-2-4-16(20)5-3-15/h2-5,12H,6-11,13H2,1H3. The molecule has 0 N–H and O–H groups in total. The number of halogens is 2. The second-order valence-corrected chi connectivity index (χ2v) is 6.74. The number of hydrogen-bond donors (Lipinski definition) is 0. The Hall–Kier alpha value is -1.92. The van der Waals surface area contributed by atoms with Gasteiger partial charge in [0.2, 0.25) is 5.91 Å². The van der Waals surface area contributed by atoms with Gasteiger partial charge in [-0.25, -0.2) is 4.39 Å². The summed E-state index contributed by atoms with van der Waals surface area (Å²) in [7, 11) is 0. The molecule has 0 saturated carbocycles. The SMILES string of the molecule is Cc1c(Cl)cnn1CCC(=O)N1CCN(Cc2ccc(F)cc2)CC1. The van der Waals surface area contributed by atoms with Gasteiger partial charge in [-0.3, -0.25) is 14.4 Å². The van der Waals surface area contributed by atoms with Crippen LogP contribution in [-0.4, -0.2) is 51.7 Å². The monoisotopic (exact) mass is 364 g/mol. The molecule has 1 aromatic carbocycles. The fourth-order valence-corrected chi connectivity index (χ4v) is 3.15. The summed E-state index contributed by atoms with van der Waals surface area (Å²) in [6.45, 7) is 6.33. The average Bonchev–Trinajstić information content (AvgIpc) is 2.94. The van der Waals surface area contributed by atoms with Crippen LogP contribution in [0.15, 0.2) is 30.5 Å². The second kappa shape index (κ2) is 7.97. The molecule has 1 aliphatic rings. The van der Waals surface area contributed by atoms with Crippen LogP contribution in [0, 0.1) is 12.7 Å². The molecular formula is C18H22ClFN4O. The fourth-order valence-electron chi connectivity index (χ4n) is 3.01. The molecule has 2 aromatic rings.